The van der Waals surface area contributed by atoms with Crippen LogP contribution < -0.4 is 10.1 Å². The number of amides is 1. The Hall–Kier alpha value is -2.30. The minimum absolute atomic E-state index is 0.202. The fourth-order valence-electron chi connectivity index (χ4n) is 1.48. The molecule has 1 N–H and O–H groups in total. The summed E-state index contributed by atoms with van der Waals surface area (Å²) in [5, 5.41) is 2.53. The molecule has 0 saturated carbocycles. The van der Waals surface area contributed by atoms with Gasteiger partial charge >= 0.3 is 0 Å². The van der Waals surface area contributed by atoms with E-state index in [9.17, 15) is 4.79 Å². The molecule has 0 saturated heterocycles. The molecule has 1 aromatic carbocycles. The lowest BCUT2D eigenvalue weighted by molar-refractivity contribution is 0.0958. The van der Waals surface area contributed by atoms with E-state index in [1.54, 1.807) is 31.2 Å². The van der Waals surface area contributed by atoms with E-state index in [0.717, 1.165) is 11.4 Å². The average Bonchev–Trinajstić information content (AvgIpc) is 2.87. The molecular weight excluding hydrogens is 218 g/mol. The number of carbonyl (C=O) groups excluding carboxylic acids is 1. The van der Waals surface area contributed by atoms with Crippen molar-refractivity contribution in [2.75, 3.05) is 14.2 Å². The first-order valence-corrected chi connectivity index (χ1v) is 5.15. The zero-order valence-electron chi connectivity index (χ0n) is 9.68. The van der Waals surface area contributed by atoms with Gasteiger partial charge in [0, 0.05) is 19.3 Å². The highest BCUT2D eigenvalue weighted by molar-refractivity contribution is 5.91. The molecule has 0 radical (unpaired) electrons. The van der Waals surface area contributed by atoms with Gasteiger partial charge in [-0.15, -0.1) is 0 Å². The fraction of sp³-hybridized carbons (Fsp3) is 0.167. The van der Waals surface area contributed by atoms with E-state index in [1.807, 2.05) is 24.3 Å². The van der Waals surface area contributed by atoms with Gasteiger partial charge in [-0.2, -0.15) is 0 Å². The van der Waals surface area contributed by atoms with Crippen LogP contribution in [-0.2, 0) is 0 Å². The van der Waals surface area contributed by atoms with Crippen molar-refractivity contribution in [3.63, 3.8) is 0 Å². The van der Waals surface area contributed by atoms with Crippen LogP contribution in [0.4, 0.5) is 0 Å². The molecule has 1 aromatic heterocycles. The monoisotopic (exact) mass is 231 g/mol. The van der Waals surface area contributed by atoms with E-state index in [1.165, 1.54) is 0 Å². The van der Waals surface area contributed by atoms with Gasteiger partial charge < -0.3 is 14.6 Å². The number of aromatic nitrogens is 2. The van der Waals surface area contributed by atoms with E-state index in [4.69, 9.17) is 4.74 Å². The van der Waals surface area contributed by atoms with Crippen molar-refractivity contribution in [1.29, 1.82) is 0 Å². The van der Waals surface area contributed by atoms with E-state index in [2.05, 4.69) is 10.3 Å². The first-order valence-electron chi connectivity index (χ1n) is 5.15. The molecule has 0 unspecified atom stereocenters. The number of ether oxygens (including phenoxy) is 1. The maximum Gasteiger partial charge on any atom is 0.271 e. The van der Waals surface area contributed by atoms with Crippen molar-refractivity contribution < 1.29 is 9.53 Å². The van der Waals surface area contributed by atoms with Crippen LogP contribution in [0.5, 0.6) is 5.75 Å². The molecule has 0 fully saturated rings. The van der Waals surface area contributed by atoms with E-state index in [0.29, 0.717) is 5.69 Å². The van der Waals surface area contributed by atoms with Crippen LogP contribution in [-0.4, -0.2) is 29.6 Å². The summed E-state index contributed by atoms with van der Waals surface area (Å²) < 4.78 is 6.91. The number of nitrogens with zero attached hydrogens (tertiary/aromatic N) is 2. The van der Waals surface area contributed by atoms with Gasteiger partial charge in [-0.25, -0.2) is 4.98 Å². The number of imidazole rings is 1. The summed E-state index contributed by atoms with van der Waals surface area (Å²) in [6.45, 7) is 0. The first-order chi connectivity index (χ1) is 8.24. The molecule has 2 rings (SSSR count). The summed E-state index contributed by atoms with van der Waals surface area (Å²) in [7, 11) is 3.19. The Kier molecular flexibility index (Phi) is 3.09. The Morgan fingerprint density at radius 3 is 3.00 bits per heavy atom. The molecular formula is C12H13N3O2. The van der Waals surface area contributed by atoms with E-state index >= 15 is 0 Å². The third-order valence-corrected chi connectivity index (χ3v) is 2.39. The lowest BCUT2D eigenvalue weighted by Gasteiger charge is -2.04. The zero-order valence-corrected chi connectivity index (χ0v) is 9.68. The van der Waals surface area contributed by atoms with Crippen molar-refractivity contribution >= 4 is 5.91 Å². The number of hydrogen-bond acceptors (Lipinski definition) is 3. The van der Waals surface area contributed by atoms with Gasteiger partial charge in [0.2, 0.25) is 0 Å². The average molecular weight is 231 g/mol. The second-order valence-electron chi connectivity index (χ2n) is 3.45. The summed E-state index contributed by atoms with van der Waals surface area (Å²) in [6, 6.07) is 7.53. The molecule has 0 aliphatic heterocycles. The van der Waals surface area contributed by atoms with Gasteiger partial charge in [0.25, 0.3) is 5.91 Å². The molecule has 88 valence electrons. The number of carbonyl (C=O) groups is 1. The van der Waals surface area contributed by atoms with Crippen molar-refractivity contribution in [1.82, 2.24) is 14.9 Å². The van der Waals surface area contributed by atoms with E-state index in [-0.39, 0.29) is 5.91 Å². The van der Waals surface area contributed by atoms with Crippen molar-refractivity contribution in [3.05, 3.63) is 42.5 Å². The van der Waals surface area contributed by atoms with Crippen molar-refractivity contribution in [2.45, 2.75) is 0 Å². The molecule has 1 amide bonds. The minimum Gasteiger partial charge on any atom is -0.497 e. The van der Waals surface area contributed by atoms with Gasteiger partial charge in [-0.1, -0.05) is 6.07 Å². The molecule has 2 aromatic rings. The standard InChI is InChI=1S/C12H13N3O2/c1-13-12(16)11-7-15(8-14-11)9-4-3-5-10(6-9)17-2/h3-8H,1-2H3,(H,13,16). The van der Waals surface area contributed by atoms with Crippen LogP contribution in [0.3, 0.4) is 0 Å². The van der Waals surface area contributed by atoms with Gasteiger partial charge in [0.1, 0.15) is 17.8 Å². The summed E-state index contributed by atoms with van der Waals surface area (Å²) in [5.74, 6) is 0.560. The summed E-state index contributed by atoms with van der Waals surface area (Å²) in [5.41, 5.74) is 1.28. The third kappa shape index (κ3) is 2.28. The molecule has 0 atom stereocenters. The number of methoxy groups -OCH3 is 1. The molecule has 0 bridgehead atoms. The quantitative estimate of drug-likeness (QED) is 0.864. The fourth-order valence-corrected chi connectivity index (χ4v) is 1.48. The lowest BCUT2D eigenvalue weighted by atomic mass is 10.3. The van der Waals surface area contributed by atoms with Crippen molar-refractivity contribution in [2.24, 2.45) is 0 Å². The van der Waals surface area contributed by atoms with Gasteiger partial charge in [-0.05, 0) is 12.1 Å². The van der Waals surface area contributed by atoms with Gasteiger partial charge in [0.15, 0.2) is 0 Å². The molecule has 0 spiro atoms. The second kappa shape index (κ2) is 4.69. The van der Waals surface area contributed by atoms with Crippen LogP contribution in [0, 0.1) is 0 Å². The minimum atomic E-state index is -0.202. The maximum atomic E-state index is 11.4. The predicted molar refractivity (Wildman–Crippen MR) is 63.5 cm³/mol. The summed E-state index contributed by atoms with van der Waals surface area (Å²) in [4.78, 5) is 15.4. The molecule has 1 heterocycles. The Labute approximate surface area is 99.0 Å². The van der Waals surface area contributed by atoms with Gasteiger partial charge in [0.05, 0.1) is 12.8 Å². The van der Waals surface area contributed by atoms with Crippen LogP contribution in [0.1, 0.15) is 10.5 Å². The highest BCUT2D eigenvalue weighted by Crippen LogP contribution is 2.16. The zero-order chi connectivity index (χ0) is 12.3. The topological polar surface area (TPSA) is 56.2 Å². The number of nitrogens with one attached hydrogen (secondary N) is 1. The molecule has 5 nitrogen and oxygen atoms in total. The summed E-state index contributed by atoms with van der Waals surface area (Å²) >= 11 is 0. The van der Waals surface area contributed by atoms with Crippen LogP contribution in [0.2, 0.25) is 0 Å². The smallest absolute Gasteiger partial charge is 0.271 e. The van der Waals surface area contributed by atoms with Crippen LogP contribution >= 0.6 is 0 Å². The van der Waals surface area contributed by atoms with Gasteiger partial charge in [-0.3, -0.25) is 4.79 Å². The maximum absolute atomic E-state index is 11.4. The Morgan fingerprint density at radius 1 is 1.47 bits per heavy atom. The molecule has 5 heteroatoms. The predicted octanol–water partition coefficient (Wildman–Crippen LogP) is 1.24. The third-order valence-electron chi connectivity index (χ3n) is 2.39. The van der Waals surface area contributed by atoms with E-state index < -0.39 is 0 Å². The highest BCUT2D eigenvalue weighted by Gasteiger charge is 2.07. The Balaban J connectivity index is 2.33. The van der Waals surface area contributed by atoms with Crippen LogP contribution in [0.25, 0.3) is 5.69 Å². The molecule has 0 aliphatic carbocycles. The second-order valence-corrected chi connectivity index (χ2v) is 3.45. The Morgan fingerprint density at radius 2 is 2.29 bits per heavy atom. The van der Waals surface area contributed by atoms with Crippen LogP contribution in [0.15, 0.2) is 36.8 Å². The first kappa shape index (κ1) is 11.2. The molecule has 17 heavy (non-hydrogen) atoms. The SMILES string of the molecule is CNC(=O)c1cn(-c2cccc(OC)c2)cn1. The lowest BCUT2D eigenvalue weighted by Crippen LogP contribution is -2.17. The Bertz CT molecular complexity index is 534. The number of hydrogen-bond donors (Lipinski definition) is 1. The van der Waals surface area contributed by atoms with Crippen molar-refractivity contribution in [3.8, 4) is 11.4 Å². The summed E-state index contributed by atoms with van der Waals surface area (Å²) in [6.07, 6.45) is 3.27. The molecule has 0 aliphatic rings. The largest absolute Gasteiger partial charge is 0.497 e. The number of benzene rings is 1. The normalized spacial score (nSPS) is 10.0. The highest BCUT2D eigenvalue weighted by atomic mass is 16.5. The number of rotatable bonds is 3.